The number of aliphatic hydroxyl groups is 2. The van der Waals surface area contributed by atoms with Crippen molar-refractivity contribution in [1.82, 2.24) is 9.55 Å². The van der Waals surface area contributed by atoms with Gasteiger partial charge in [-0.1, -0.05) is 23.2 Å². The van der Waals surface area contributed by atoms with Crippen LogP contribution in [0.2, 0.25) is 10.0 Å². The number of hydrogen-bond donors (Lipinski definition) is 3. The number of imidazole rings is 1. The number of rotatable bonds is 4. The van der Waals surface area contributed by atoms with Crippen molar-refractivity contribution in [2.45, 2.75) is 43.7 Å². The molecular formula is C15H17Cl2N3O3. The minimum absolute atomic E-state index is 0.220. The molecule has 23 heavy (non-hydrogen) atoms. The SMILES string of the molecule is OC[C@@H]1O[C@H](n2c(NC3CC3)nc3cc(Cl)c(Cl)cc32)C[C@H]1O. The lowest BCUT2D eigenvalue weighted by molar-refractivity contribution is -0.0424. The lowest BCUT2D eigenvalue weighted by Gasteiger charge is -2.17. The predicted octanol–water partition coefficient (Wildman–Crippen LogP) is 2.56. The summed E-state index contributed by atoms with van der Waals surface area (Å²) >= 11 is 12.2. The van der Waals surface area contributed by atoms with E-state index in [-0.39, 0.29) is 6.61 Å². The molecule has 1 saturated carbocycles. The predicted molar refractivity (Wildman–Crippen MR) is 88.0 cm³/mol. The summed E-state index contributed by atoms with van der Waals surface area (Å²) in [6, 6.07) is 3.89. The molecule has 0 amide bonds. The van der Waals surface area contributed by atoms with Crippen LogP contribution in [-0.2, 0) is 4.74 Å². The molecule has 6 nitrogen and oxygen atoms in total. The molecule has 3 atom stereocenters. The van der Waals surface area contributed by atoms with Crippen molar-refractivity contribution in [2.75, 3.05) is 11.9 Å². The molecule has 8 heteroatoms. The minimum atomic E-state index is -0.709. The minimum Gasteiger partial charge on any atom is -0.394 e. The van der Waals surface area contributed by atoms with Gasteiger partial charge in [0, 0.05) is 12.5 Å². The molecule has 4 rings (SSSR count). The fourth-order valence-electron chi connectivity index (χ4n) is 2.93. The van der Waals surface area contributed by atoms with Crippen LogP contribution >= 0.6 is 23.2 Å². The first kappa shape index (κ1) is 15.5. The summed E-state index contributed by atoms with van der Waals surface area (Å²) in [7, 11) is 0. The molecule has 0 unspecified atom stereocenters. The molecule has 1 aliphatic heterocycles. The Morgan fingerprint density at radius 2 is 2.04 bits per heavy atom. The zero-order valence-corrected chi connectivity index (χ0v) is 13.8. The maximum Gasteiger partial charge on any atom is 0.206 e. The van der Waals surface area contributed by atoms with E-state index in [1.54, 1.807) is 12.1 Å². The maximum atomic E-state index is 10.0. The van der Waals surface area contributed by atoms with Gasteiger partial charge in [-0.2, -0.15) is 0 Å². The molecule has 1 aliphatic carbocycles. The van der Waals surface area contributed by atoms with E-state index in [2.05, 4.69) is 10.3 Å². The van der Waals surface area contributed by atoms with Crippen molar-refractivity contribution in [3.8, 4) is 0 Å². The Kier molecular flexibility index (Phi) is 3.90. The highest BCUT2D eigenvalue weighted by Gasteiger charge is 2.37. The van der Waals surface area contributed by atoms with Crippen LogP contribution in [0.5, 0.6) is 0 Å². The lowest BCUT2D eigenvalue weighted by Crippen LogP contribution is -2.24. The fraction of sp³-hybridized carbons (Fsp3) is 0.533. The zero-order valence-electron chi connectivity index (χ0n) is 12.2. The number of ether oxygens (including phenoxy) is 1. The average Bonchev–Trinajstić information content (AvgIpc) is 3.15. The van der Waals surface area contributed by atoms with Gasteiger partial charge < -0.3 is 20.3 Å². The molecule has 2 aromatic rings. The Bertz CT molecular complexity index is 747. The Hall–Kier alpha value is -1.05. The Morgan fingerprint density at radius 3 is 2.70 bits per heavy atom. The summed E-state index contributed by atoms with van der Waals surface area (Å²) in [6.07, 6.45) is 0.894. The van der Waals surface area contributed by atoms with Gasteiger partial charge in [-0.3, -0.25) is 4.57 Å². The standard InChI is InChI=1S/C15H17Cl2N3O3/c16-8-3-10-11(4-9(8)17)20(15(19-10)18-7-1-2-7)14-5-12(22)13(6-21)23-14/h3-4,7,12-14,21-22H,1-2,5-6H2,(H,18,19)/t12-,13+,14+/m1/s1. The van der Waals surface area contributed by atoms with Crippen LogP contribution in [0.25, 0.3) is 11.0 Å². The second-order valence-corrected chi connectivity index (χ2v) is 6.91. The molecule has 2 fully saturated rings. The third kappa shape index (κ3) is 2.79. The summed E-state index contributed by atoms with van der Waals surface area (Å²) in [5, 5.41) is 23.6. The summed E-state index contributed by atoms with van der Waals surface area (Å²) in [6.45, 7) is -0.220. The first-order chi connectivity index (χ1) is 11.1. The van der Waals surface area contributed by atoms with Crippen LogP contribution in [0.1, 0.15) is 25.5 Å². The Balaban J connectivity index is 1.80. The summed E-state index contributed by atoms with van der Waals surface area (Å²) in [5.41, 5.74) is 1.51. The van der Waals surface area contributed by atoms with E-state index in [1.165, 1.54) is 0 Å². The normalized spacial score (nSPS) is 27.7. The number of aliphatic hydroxyl groups excluding tert-OH is 2. The largest absolute Gasteiger partial charge is 0.394 e. The van der Waals surface area contributed by atoms with E-state index >= 15 is 0 Å². The number of nitrogens with one attached hydrogen (secondary N) is 1. The molecule has 124 valence electrons. The number of nitrogens with zero attached hydrogens (tertiary/aromatic N) is 2. The smallest absolute Gasteiger partial charge is 0.206 e. The fourth-order valence-corrected chi connectivity index (χ4v) is 3.25. The van der Waals surface area contributed by atoms with Crippen LogP contribution in [0, 0.1) is 0 Å². The molecule has 0 radical (unpaired) electrons. The maximum absolute atomic E-state index is 10.0. The van der Waals surface area contributed by atoms with Gasteiger partial charge in [-0.15, -0.1) is 0 Å². The third-order valence-corrected chi connectivity index (χ3v) is 5.04. The monoisotopic (exact) mass is 357 g/mol. The Labute approximate surface area is 143 Å². The van der Waals surface area contributed by atoms with Crippen LogP contribution in [0.15, 0.2) is 12.1 Å². The van der Waals surface area contributed by atoms with Gasteiger partial charge in [-0.05, 0) is 25.0 Å². The second kappa shape index (κ2) is 5.79. The zero-order chi connectivity index (χ0) is 16.1. The molecule has 3 N–H and O–H groups in total. The highest BCUT2D eigenvalue weighted by molar-refractivity contribution is 6.42. The topological polar surface area (TPSA) is 79.5 Å². The van der Waals surface area contributed by atoms with E-state index in [4.69, 9.17) is 27.9 Å². The summed E-state index contributed by atoms with van der Waals surface area (Å²) in [5.74, 6) is 0.677. The van der Waals surface area contributed by atoms with Crippen molar-refractivity contribution in [3.05, 3.63) is 22.2 Å². The first-order valence-electron chi connectivity index (χ1n) is 7.64. The van der Waals surface area contributed by atoms with E-state index in [9.17, 15) is 10.2 Å². The van der Waals surface area contributed by atoms with Crippen LogP contribution in [-0.4, -0.2) is 44.6 Å². The van der Waals surface area contributed by atoms with Crippen LogP contribution < -0.4 is 5.32 Å². The average molecular weight is 358 g/mol. The van der Waals surface area contributed by atoms with E-state index in [0.717, 1.165) is 18.4 Å². The van der Waals surface area contributed by atoms with Crippen molar-refractivity contribution < 1.29 is 14.9 Å². The lowest BCUT2D eigenvalue weighted by atomic mass is 10.2. The van der Waals surface area contributed by atoms with Gasteiger partial charge in [-0.25, -0.2) is 4.98 Å². The number of anilines is 1. The van der Waals surface area contributed by atoms with Crippen molar-refractivity contribution in [3.63, 3.8) is 0 Å². The third-order valence-electron chi connectivity index (χ3n) is 4.31. The van der Waals surface area contributed by atoms with E-state index < -0.39 is 18.4 Å². The second-order valence-electron chi connectivity index (χ2n) is 6.09. The van der Waals surface area contributed by atoms with Crippen LogP contribution in [0.3, 0.4) is 0 Å². The van der Waals surface area contributed by atoms with Gasteiger partial charge in [0.15, 0.2) is 0 Å². The van der Waals surface area contributed by atoms with Crippen molar-refractivity contribution in [2.24, 2.45) is 0 Å². The van der Waals surface area contributed by atoms with Gasteiger partial charge >= 0.3 is 0 Å². The quantitative estimate of drug-likeness (QED) is 0.783. The molecule has 2 heterocycles. The first-order valence-corrected chi connectivity index (χ1v) is 8.40. The molecule has 1 aromatic carbocycles. The van der Waals surface area contributed by atoms with Gasteiger partial charge in [0.2, 0.25) is 5.95 Å². The van der Waals surface area contributed by atoms with Crippen LogP contribution in [0.4, 0.5) is 5.95 Å². The molecule has 1 aromatic heterocycles. The molecule has 0 spiro atoms. The molecule has 0 bridgehead atoms. The Morgan fingerprint density at radius 1 is 1.30 bits per heavy atom. The number of benzene rings is 1. The summed E-state index contributed by atoms with van der Waals surface area (Å²) < 4.78 is 7.69. The highest BCUT2D eigenvalue weighted by atomic mass is 35.5. The number of aromatic nitrogens is 2. The van der Waals surface area contributed by atoms with E-state index in [1.807, 2.05) is 4.57 Å². The number of fused-ring (bicyclic) bond motifs is 1. The molecular weight excluding hydrogens is 341 g/mol. The van der Waals surface area contributed by atoms with E-state index in [0.29, 0.717) is 34.0 Å². The molecule has 2 aliphatic rings. The van der Waals surface area contributed by atoms with Crippen molar-refractivity contribution >= 4 is 40.2 Å². The molecule has 1 saturated heterocycles. The number of hydrogen-bond acceptors (Lipinski definition) is 5. The van der Waals surface area contributed by atoms with Gasteiger partial charge in [0.1, 0.15) is 12.3 Å². The number of halogens is 2. The van der Waals surface area contributed by atoms with Crippen molar-refractivity contribution in [1.29, 1.82) is 0 Å². The van der Waals surface area contributed by atoms with Gasteiger partial charge in [0.25, 0.3) is 0 Å². The summed E-state index contributed by atoms with van der Waals surface area (Å²) in [4.78, 5) is 4.60. The highest BCUT2D eigenvalue weighted by Crippen LogP contribution is 2.38. The van der Waals surface area contributed by atoms with Gasteiger partial charge in [0.05, 0.1) is 33.8 Å².